The van der Waals surface area contributed by atoms with Crippen molar-refractivity contribution in [2.24, 2.45) is 0 Å². The molecule has 23 heavy (non-hydrogen) atoms. The van der Waals surface area contributed by atoms with Crippen molar-refractivity contribution < 1.29 is 9.59 Å². The van der Waals surface area contributed by atoms with Crippen molar-refractivity contribution >= 4 is 17.5 Å². The van der Waals surface area contributed by atoms with Crippen molar-refractivity contribution in [3.63, 3.8) is 0 Å². The van der Waals surface area contributed by atoms with Gasteiger partial charge in [-0.1, -0.05) is 37.0 Å². The van der Waals surface area contributed by atoms with Crippen LogP contribution in [0.4, 0.5) is 5.69 Å². The summed E-state index contributed by atoms with van der Waals surface area (Å²) in [5, 5.41) is 5.91. The Hall–Kier alpha value is -1.88. The van der Waals surface area contributed by atoms with Crippen molar-refractivity contribution in [1.82, 2.24) is 10.2 Å². The third kappa shape index (κ3) is 6.40. The third-order valence-corrected chi connectivity index (χ3v) is 4.13. The number of benzene rings is 1. The van der Waals surface area contributed by atoms with Gasteiger partial charge in [0, 0.05) is 11.7 Å². The van der Waals surface area contributed by atoms with Gasteiger partial charge in [-0.3, -0.25) is 14.5 Å². The maximum absolute atomic E-state index is 12.0. The Balaban J connectivity index is 1.70. The predicted molar refractivity (Wildman–Crippen MR) is 92.3 cm³/mol. The van der Waals surface area contributed by atoms with E-state index in [1.807, 2.05) is 31.2 Å². The predicted octanol–water partition coefficient (Wildman–Crippen LogP) is 2.31. The van der Waals surface area contributed by atoms with Gasteiger partial charge in [0.1, 0.15) is 0 Å². The first-order valence-corrected chi connectivity index (χ1v) is 8.37. The smallest absolute Gasteiger partial charge is 0.238 e. The number of carbonyl (C=O) groups excluding carboxylic acids is 2. The van der Waals surface area contributed by atoms with Gasteiger partial charge in [-0.05, 0) is 38.9 Å². The van der Waals surface area contributed by atoms with Gasteiger partial charge in [0.05, 0.1) is 13.1 Å². The second-order valence-electron chi connectivity index (χ2n) is 6.49. The fourth-order valence-corrected chi connectivity index (χ4v) is 2.90. The van der Waals surface area contributed by atoms with E-state index in [-0.39, 0.29) is 24.9 Å². The lowest BCUT2D eigenvalue weighted by atomic mass is 9.95. The number of amides is 2. The number of nitrogens with one attached hydrogen (secondary N) is 2. The molecule has 1 saturated carbocycles. The molecule has 1 fully saturated rings. The lowest BCUT2D eigenvalue weighted by molar-refractivity contribution is -0.123. The summed E-state index contributed by atoms with van der Waals surface area (Å²) in [6.07, 6.45) is 5.80. The highest BCUT2D eigenvalue weighted by Gasteiger charge is 2.17. The minimum Gasteiger partial charge on any atom is -0.352 e. The molecule has 0 atom stereocenters. The monoisotopic (exact) mass is 317 g/mol. The molecule has 2 N–H and O–H groups in total. The SMILES string of the molecule is Cc1ccc(NC(=O)CN(C)CC(=O)NC2CCCCC2)cc1. The number of hydrogen-bond donors (Lipinski definition) is 2. The van der Waals surface area contributed by atoms with Crippen LogP contribution in [-0.2, 0) is 9.59 Å². The highest BCUT2D eigenvalue weighted by molar-refractivity contribution is 5.92. The number of carbonyl (C=O) groups is 2. The summed E-state index contributed by atoms with van der Waals surface area (Å²) in [5.74, 6) is -0.107. The van der Waals surface area contributed by atoms with Crippen molar-refractivity contribution in [1.29, 1.82) is 0 Å². The van der Waals surface area contributed by atoms with Crippen molar-refractivity contribution in [3.05, 3.63) is 29.8 Å². The molecule has 0 bridgehead atoms. The van der Waals surface area contributed by atoms with Gasteiger partial charge in [0.2, 0.25) is 11.8 Å². The topological polar surface area (TPSA) is 61.4 Å². The third-order valence-electron chi connectivity index (χ3n) is 4.13. The summed E-state index contributed by atoms with van der Waals surface area (Å²) >= 11 is 0. The second-order valence-corrected chi connectivity index (χ2v) is 6.49. The highest BCUT2D eigenvalue weighted by Crippen LogP contribution is 2.17. The molecule has 0 radical (unpaired) electrons. The van der Waals surface area contributed by atoms with E-state index < -0.39 is 0 Å². The zero-order valence-corrected chi connectivity index (χ0v) is 14.1. The highest BCUT2D eigenvalue weighted by atomic mass is 16.2. The van der Waals surface area contributed by atoms with Gasteiger partial charge < -0.3 is 10.6 Å². The Labute approximate surface area is 138 Å². The van der Waals surface area contributed by atoms with Gasteiger partial charge in [0.25, 0.3) is 0 Å². The van der Waals surface area contributed by atoms with Gasteiger partial charge >= 0.3 is 0 Å². The minimum absolute atomic E-state index is 0.00235. The first-order valence-electron chi connectivity index (χ1n) is 8.37. The summed E-state index contributed by atoms with van der Waals surface area (Å²) in [6, 6.07) is 7.98. The first-order chi connectivity index (χ1) is 11.0. The maximum atomic E-state index is 12.0. The van der Waals surface area contributed by atoms with Crippen LogP contribution in [0.3, 0.4) is 0 Å². The average Bonchev–Trinajstić information content (AvgIpc) is 2.50. The standard InChI is InChI=1S/C18H27N3O2/c1-14-8-10-16(11-9-14)20-18(23)13-21(2)12-17(22)19-15-6-4-3-5-7-15/h8-11,15H,3-7,12-13H2,1-2H3,(H,19,22)(H,20,23). The second kappa shape index (κ2) is 8.67. The molecule has 0 spiro atoms. The summed E-state index contributed by atoms with van der Waals surface area (Å²) in [4.78, 5) is 25.7. The van der Waals surface area contributed by atoms with E-state index in [4.69, 9.17) is 0 Å². The number of aryl methyl sites for hydroxylation is 1. The summed E-state index contributed by atoms with van der Waals surface area (Å²) in [6.45, 7) is 2.45. The molecule has 0 saturated heterocycles. The lowest BCUT2D eigenvalue weighted by Crippen LogP contribution is -2.43. The van der Waals surface area contributed by atoms with Crippen LogP contribution in [0.15, 0.2) is 24.3 Å². The van der Waals surface area contributed by atoms with E-state index in [2.05, 4.69) is 10.6 Å². The van der Waals surface area contributed by atoms with Crippen LogP contribution in [0.25, 0.3) is 0 Å². The van der Waals surface area contributed by atoms with Gasteiger partial charge in [0.15, 0.2) is 0 Å². The Kier molecular flexibility index (Phi) is 6.59. The Bertz CT molecular complexity index is 522. The van der Waals surface area contributed by atoms with E-state index in [0.717, 1.165) is 24.1 Å². The number of nitrogens with zero attached hydrogens (tertiary/aromatic N) is 1. The average molecular weight is 317 g/mol. The summed E-state index contributed by atoms with van der Waals surface area (Å²) in [7, 11) is 1.79. The maximum Gasteiger partial charge on any atom is 0.238 e. The number of rotatable bonds is 6. The van der Waals surface area contributed by atoms with Crippen molar-refractivity contribution in [3.8, 4) is 0 Å². The molecular formula is C18H27N3O2. The molecule has 2 amide bonds. The molecule has 1 aliphatic rings. The van der Waals surface area contributed by atoms with Crippen LogP contribution >= 0.6 is 0 Å². The number of likely N-dealkylation sites (N-methyl/N-ethyl adjacent to an activating group) is 1. The zero-order valence-electron chi connectivity index (χ0n) is 14.1. The molecule has 5 heteroatoms. The molecule has 0 heterocycles. The van der Waals surface area contributed by atoms with Crippen LogP contribution < -0.4 is 10.6 Å². The normalized spacial score (nSPS) is 15.4. The van der Waals surface area contributed by atoms with Crippen LogP contribution in [0.5, 0.6) is 0 Å². The number of anilines is 1. The Morgan fingerprint density at radius 3 is 2.30 bits per heavy atom. The van der Waals surface area contributed by atoms with Crippen LogP contribution in [0.2, 0.25) is 0 Å². The van der Waals surface area contributed by atoms with E-state index in [9.17, 15) is 9.59 Å². The fourth-order valence-electron chi connectivity index (χ4n) is 2.90. The quantitative estimate of drug-likeness (QED) is 0.846. The Morgan fingerprint density at radius 2 is 1.65 bits per heavy atom. The molecule has 1 aromatic carbocycles. The molecule has 126 valence electrons. The van der Waals surface area contributed by atoms with E-state index in [0.29, 0.717) is 6.04 Å². The Morgan fingerprint density at radius 1 is 1.04 bits per heavy atom. The molecule has 2 rings (SSSR count). The van der Waals surface area contributed by atoms with Gasteiger partial charge in [-0.2, -0.15) is 0 Å². The fraction of sp³-hybridized carbons (Fsp3) is 0.556. The summed E-state index contributed by atoms with van der Waals surface area (Å²) in [5.41, 5.74) is 1.93. The van der Waals surface area contributed by atoms with Crippen molar-refractivity contribution in [2.45, 2.75) is 45.1 Å². The lowest BCUT2D eigenvalue weighted by Gasteiger charge is -2.24. The van der Waals surface area contributed by atoms with Crippen molar-refractivity contribution in [2.75, 3.05) is 25.5 Å². The molecule has 1 aliphatic carbocycles. The first kappa shape index (κ1) is 17.5. The molecule has 1 aromatic rings. The van der Waals surface area contributed by atoms with E-state index >= 15 is 0 Å². The van der Waals surface area contributed by atoms with Crippen LogP contribution in [0.1, 0.15) is 37.7 Å². The molecular weight excluding hydrogens is 290 g/mol. The number of hydrogen-bond acceptors (Lipinski definition) is 3. The van der Waals surface area contributed by atoms with E-state index in [1.54, 1.807) is 11.9 Å². The molecule has 5 nitrogen and oxygen atoms in total. The molecule has 0 aliphatic heterocycles. The van der Waals surface area contributed by atoms with Crippen LogP contribution in [0, 0.1) is 6.92 Å². The van der Waals surface area contributed by atoms with E-state index in [1.165, 1.54) is 19.3 Å². The zero-order chi connectivity index (χ0) is 16.7. The van der Waals surface area contributed by atoms with Crippen LogP contribution in [-0.4, -0.2) is 42.9 Å². The molecule has 0 unspecified atom stereocenters. The minimum atomic E-state index is -0.109. The van der Waals surface area contributed by atoms with Gasteiger partial charge in [-0.15, -0.1) is 0 Å². The molecule has 0 aromatic heterocycles. The summed E-state index contributed by atoms with van der Waals surface area (Å²) < 4.78 is 0. The van der Waals surface area contributed by atoms with Gasteiger partial charge in [-0.25, -0.2) is 0 Å². The largest absolute Gasteiger partial charge is 0.352 e.